The van der Waals surface area contributed by atoms with E-state index in [2.05, 4.69) is 11.1 Å². The highest BCUT2D eigenvalue weighted by atomic mass is 35.5. The zero-order valence-electron chi connectivity index (χ0n) is 12.7. The van der Waals surface area contributed by atoms with Gasteiger partial charge in [-0.2, -0.15) is 0 Å². The summed E-state index contributed by atoms with van der Waals surface area (Å²) in [5.74, 6) is -0.945. The van der Waals surface area contributed by atoms with Crippen LogP contribution < -0.4 is 0 Å². The largest absolute Gasteiger partial charge is 0.478 e. The Morgan fingerprint density at radius 3 is 2.61 bits per heavy atom. The third-order valence-corrected chi connectivity index (χ3v) is 4.68. The Morgan fingerprint density at radius 2 is 1.91 bits per heavy atom. The lowest BCUT2D eigenvalue weighted by Crippen LogP contribution is -2.04. The molecule has 3 rings (SSSR count). The van der Waals surface area contributed by atoms with Gasteiger partial charge in [0, 0.05) is 33.1 Å². The van der Waals surface area contributed by atoms with Gasteiger partial charge in [-0.3, -0.25) is 0 Å². The molecular weight excluding hydrogens is 333 g/mol. The van der Waals surface area contributed by atoms with Gasteiger partial charge in [-0.1, -0.05) is 23.2 Å². The summed E-state index contributed by atoms with van der Waals surface area (Å²) >= 11 is 12.4. The average Bonchev–Trinajstić information content (AvgIpc) is 2.86. The molecule has 0 amide bonds. The van der Waals surface area contributed by atoms with Crippen molar-refractivity contribution in [3.8, 4) is 0 Å². The number of aromatic carboxylic acids is 1. The van der Waals surface area contributed by atoms with Gasteiger partial charge in [0.1, 0.15) is 0 Å². The standard InChI is InChI=1S/C18H15Cl2NO2/c1-9-5-11(19)6-17-14(9)7-12(21-17)8-15-10(2)13(18(22)23)3-4-16(15)20/h3-7,21H,8H2,1-2H3,(H,22,23). The van der Waals surface area contributed by atoms with Crippen LogP contribution in [-0.4, -0.2) is 16.1 Å². The van der Waals surface area contributed by atoms with Gasteiger partial charge in [-0.25, -0.2) is 4.79 Å². The van der Waals surface area contributed by atoms with E-state index < -0.39 is 5.97 Å². The Morgan fingerprint density at radius 1 is 1.17 bits per heavy atom. The van der Waals surface area contributed by atoms with E-state index in [0.717, 1.165) is 27.7 Å². The second-order valence-electron chi connectivity index (χ2n) is 5.66. The molecular formula is C18H15Cl2NO2. The normalized spacial score (nSPS) is 11.1. The Hall–Kier alpha value is -1.97. The van der Waals surface area contributed by atoms with Crippen molar-refractivity contribution >= 4 is 40.1 Å². The van der Waals surface area contributed by atoms with E-state index in [1.807, 2.05) is 19.1 Å². The van der Waals surface area contributed by atoms with Crippen LogP contribution in [0, 0.1) is 13.8 Å². The number of carboxylic acids is 1. The van der Waals surface area contributed by atoms with Crippen LogP contribution in [-0.2, 0) is 6.42 Å². The fourth-order valence-corrected chi connectivity index (χ4v) is 3.44. The maximum Gasteiger partial charge on any atom is 0.335 e. The zero-order chi connectivity index (χ0) is 16.7. The van der Waals surface area contributed by atoms with Crippen molar-refractivity contribution < 1.29 is 9.90 Å². The van der Waals surface area contributed by atoms with Crippen molar-refractivity contribution in [3.63, 3.8) is 0 Å². The van der Waals surface area contributed by atoms with Gasteiger partial charge in [-0.15, -0.1) is 0 Å². The quantitative estimate of drug-likeness (QED) is 0.668. The van der Waals surface area contributed by atoms with Crippen LogP contribution in [0.15, 0.2) is 30.3 Å². The van der Waals surface area contributed by atoms with E-state index in [0.29, 0.717) is 22.0 Å². The van der Waals surface area contributed by atoms with E-state index in [1.54, 1.807) is 19.1 Å². The number of nitrogens with one attached hydrogen (secondary N) is 1. The highest BCUT2D eigenvalue weighted by molar-refractivity contribution is 6.32. The van der Waals surface area contributed by atoms with Crippen molar-refractivity contribution in [1.82, 2.24) is 4.98 Å². The monoisotopic (exact) mass is 347 g/mol. The number of fused-ring (bicyclic) bond motifs is 1. The molecule has 0 saturated heterocycles. The number of hydrogen-bond donors (Lipinski definition) is 2. The Kier molecular flexibility index (Phi) is 4.09. The number of aryl methyl sites for hydroxylation is 1. The SMILES string of the molecule is Cc1c(C(=O)O)ccc(Cl)c1Cc1cc2c(C)cc(Cl)cc2[nH]1. The highest BCUT2D eigenvalue weighted by Crippen LogP contribution is 2.29. The van der Waals surface area contributed by atoms with Gasteiger partial charge >= 0.3 is 5.97 Å². The minimum Gasteiger partial charge on any atom is -0.478 e. The summed E-state index contributed by atoms with van der Waals surface area (Å²) in [7, 11) is 0. The van der Waals surface area contributed by atoms with Gasteiger partial charge in [0.25, 0.3) is 0 Å². The van der Waals surface area contributed by atoms with E-state index >= 15 is 0 Å². The predicted molar refractivity (Wildman–Crippen MR) is 94.0 cm³/mol. The van der Waals surface area contributed by atoms with E-state index in [1.165, 1.54) is 0 Å². The van der Waals surface area contributed by atoms with Crippen molar-refractivity contribution in [1.29, 1.82) is 0 Å². The number of hydrogen-bond acceptors (Lipinski definition) is 1. The van der Waals surface area contributed by atoms with Gasteiger partial charge in [0.2, 0.25) is 0 Å². The molecule has 5 heteroatoms. The number of halogens is 2. The van der Waals surface area contributed by atoms with Crippen LogP contribution in [0.2, 0.25) is 10.0 Å². The summed E-state index contributed by atoms with van der Waals surface area (Å²) in [6.07, 6.45) is 0.539. The summed E-state index contributed by atoms with van der Waals surface area (Å²) in [4.78, 5) is 14.6. The Labute approximate surface area is 143 Å². The molecule has 0 unspecified atom stereocenters. The first kappa shape index (κ1) is 15.9. The summed E-state index contributed by atoms with van der Waals surface area (Å²) in [5.41, 5.74) is 4.82. The highest BCUT2D eigenvalue weighted by Gasteiger charge is 2.15. The van der Waals surface area contributed by atoms with E-state index in [9.17, 15) is 9.90 Å². The van der Waals surface area contributed by atoms with Crippen LogP contribution in [0.25, 0.3) is 10.9 Å². The van der Waals surface area contributed by atoms with Gasteiger partial charge in [-0.05, 0) is 60.9 Å². The van der Waals surface area contributed by atoms with Gasteiger partial charge in [0.05, 0.1) is 5.56 Å². The third-order valence-electron chi connectivity index (χ3n) is 4.10. The first-order valence-corrected chi connectivity index (χ1v) is 7.91. The molecule has 1 heterocycles. The first-order valence-electron chi connectivity index (χ1n) is 7.16. The summed E-state index contributed by atoms with van der Waals surface area (Å²) in [5, 5.41) is 11.6. The molecule has 2 N–H and O–H groups in total. The van der Waals surface area contributed by atoms with Crippen molar-refractivity contribution in [2.75, 3.05) is 0 Å². The number of benzene rings is 2. The minimum absolute atomic E-state index is 0.278. The molecule has 3 aromatic rings. The molecule has 0 aliphatic carbocycles. The maximum atomic E-state index is 11.3. The topological polar surface area (TPSA) is 53.1 Å². The molecule has 23 heavy (non-hydrogen) atoms. The summed E-state index contributed by atoms with van der Waals surface area (Å²) < 4.78 is 0. The molecule has 0 spiro atoms. The second-order valence-corrected chi connectivity index (χ2v) is 6.50. The lowest BCUT2D eigenvalue weighted by atomic mass is 9.98. The fraction of sp³-hybridized carbons (Fsp3) is 0.167. The number of aromatic amines is 1. The molecule has 0 aliphatic heterocycles. The molecule has 1 aromatic heterocycles. The summed E-state index contributed by atoms with van der Waals surface area (Å²) in [6, 6.07) is 9.04. The Bertz CT molecular complexity index is 928. The van der Waals surface area contributed by atoms with Crippen LogP contribution in [0.1, 0.15) is 32.7 Å². The van der Waals surface area contributed by atoms with Gasteiger partial charge in [0.15, 0.2) is 0 Å². The van der Waals surface area contributed by atoms with Crippen LogP contribution in [0.3, 0.4) is 0 Å². The number of rotatable bonds is 3. The van der Waals surface area contributed by atoms with Crippen LogP contribution >= 0.6 is 23.2 Å². The zero-order valence-corrected chi connectivity index (χ0v) is 14.2. The molecule has 0 saturated carbocycles. The minimum atomic E-state index is -0.945. The molecule has 0 fully saturated rings. The second kappa shape index (κ2) is 5.91. The maximum absolute atomic E-state index is 11.3. The number of H-pyrrole nitrogens is 1. The smallest absolute Gasteiger partial charge is 0.335 e. The fourth-order valence-electron chi connectivity index (χ4n) is 2.89. The van der Waals surface area contributed by atoms with Crippen molar-refractivity contribution in [2.24, 2.45) is 0 Å². The van der Waals surface area contributed by atoms with Crippen molar-refractivity contribution in [3.05, 3.63) is 68.3 Å². The molecule has 0 radical (unpaired) electrons. The number of carbonyl (C=O) groups is 1. The summed E-state index contributed by atoms with van der Waals surface area (Å²) in [6.45, 7) is 3.80. The average molecular weight is 348 g/mol. The molecule has 3 nitrogen and oxygen atoms in total. The third kappa shape index (κ3) is 2.94. The van der Waals surface area contributed by atoms with Crippen LogP contribution in [0.4, 0.5) is 0 Å². The Balaban J connectivity index is 2.07. The number of aromatic nitrogens is 1. The number of carboxylic acid groups (broad SMARTS) is 1. The first-order chi connectivity index (χ1) is 10.9. The van der Waals surface area contributed by atoms with E-state index in [4.69, 9.17) is 23.2 Å². The van der Waals surface area contributed by atoms with Gasteiger partial charge < -0.3 is 10.1 Å². The molecule has 2 aromatic carbocycles. The van der Waals surface area contributed by atoms with Crippen LogP contribution in [0.5, 0.6) is 0 Å². The molecule has 0 aliphatic rings. The predicted octanol–water partition coefficient (Wildman–Crippen LogP) is 5.38. The molecule has 0 atom stereocenters. The molecule has 118 valence electrons. The lowest BCUT2D eigenvalue weighted by molar-refractivity contribution is 0.0696. The van der Waals surface area contributed by atoms with Crippen molar-refractivity contribution in [2.45, 2.75) is 20.3 Å². The molecule has 0 bridgehead atoms. The van der Waals surface area contributed by atoms with E-state index in [-0.39, 0.29) is 5.56 Å². The lowest BCUT2D eigenvalue weighted by Gasteiger charge is -2.10.